The molecule has 1 aromatic carbocycles. The summed E-state index contributed by atoms with van der Waals surface area (Å²) in [5.74, 6) is 2.08. The van der Waals surface area contributed by atoms with Crippen LogP contribution in [0.2, 0.25) is 0 Å². The predicted molar refractivity (Wildman–Crippen MR) is 100 cm³/mol. The Morgan fingerprint density at radius 1 is 1.30 bits per heavy atom. The fourth-order valence-electron chi connectivity index (χ4n) is 2.78. The van der Waals surface area contributed by atoms with Gasteiger partial charge in [-0.1, -0.05) is 23.9 Å². The number of thioether (sulfide) groups is 1. The lowest BCUT2D eigenvalue weighted by Gasteiger charge is -2.26. The number of rotatable bonds is 5. The van der Waals surface area contributed by atoms with Crippen molar-refractivity contribution in [3.8, 4) is 11.5 Å². The third-order valence-electron chi connectivity index (χ3n) is 4.03. The fraction of sp³-hybridized carbons (Fsp3) is 0.333. The van der Waals surface area contributed by atoms with Crippen LogP contribution < -0.4 is 14.8 Å². The minimum atomic E-state index is -0.211. The predicted octanol–water partition coefficient (Wildman–Crippen LogP) is 1.79. The van der Waals surface area contributed by atoms with Crippen LogP contribution in [0.1, 0.15) is 11.4 Å². The number of hydrogen-bond donors (Lipinski definition) is 1. The summed E-state index contributed by atoms with van der Waals surface area (Å²) < 4.78 is 13.1. The molecule has 27 heavy (non-hydrogen) atoms. The molecule has 1 N–H and O–H groups in total. The largest absolute Gasteiger partial charge is 0.486 e. The molecule has 0 saturated carbocycles. The number of carbonyl (C=O) groups is 1. The summed E-state index contributed by atoms with van der Waals surface area (Å²) in [6.07, 6.45) is -0.211. The van der Waals surface area contributed by atoms with Gasteiger partial charge in [0.1, 0.15) is 12.7 Å². The van der Waals surface area contributed by atoms with Crippen LogP contribution in [0.15, 0.2) is 35.5 Å². The molecule has 1 atom stereocenters. The maximum absolute atomic E-state index is 12.1. The van der Waals surface area contributed by atoms with Crippen molar-refractivity contribution < 1.29 is 14.3 Å². The van der Waals surface area contributed by atoms with Gasteiger partial charge >= 0.3 is 0 Å². The number of carbonyl (C=O) groups excluding carboxylic acids is 1. The zero-order valence-corrected chi connectivity index (χ0v) is 15.8. The molecule has 140 valence electrons. The first kappa shape index (κ1) is 17.6. The molecular weight excluding hydrogens is 366 g/mol. The Balaban J connectivity index is 1.28. The van der Waals surface area contributed by atoms with E-state index >= 15 is 0 Å². The molecule has 1 amide bonds. The topological polar surface area (TPSA) is 90.6 Å². The van der Waals surface area contributed by atoms with Gasteiger partial charge in [-0.3, -0.25) is 4.79 Å². The number of benzene rings is 1. The standard InChI is InChI=1S/C18H19N5O3S/c1-11-7-12(2)23-17(20-11)21-18(22-23)27-10-16(24)19-8-13-9-25-14-5-3-4-6-15(14)26-13/h3-7,13H,8-10H2,1-2H3,(H,19,24)/t13-/m1/s1. The Morgan fingerprint density at radius 3 is 2.96 bits per heavy atom. The minimum absolute atomic E-state index is 0.109. The maximum atomic E-state index is 12.1. The molecular formula is C18H19N5O3S. The summed E-state index contributed by atoms with van der Waals surface area (Å²) in [4.78, 5) is 20.8. The number of aromatic nitrogens is 4. The second-order valence-corrected chi connectivity index (χ2v) is 7.18. The summed E-state index contributed by atoms with van der Waals surface area (Å²) in [6.45, 7) is 4.65. The van der Waals surface area contributed by atoms with Gasteiger partial charge < -0.3 is 14.8 Å². The lowest BCUT2D eigenvalue weighted by Crippen LogP contribution is -2.41. The summed E-state index contributed by atoms with van der Waals surface area (Å²) in [5.41, 5.74) is 1.84. The summed E-state index contributed by atoms with van der Waals surface area (Å²) in [5, 5.41) is 7.77. The van der Waals surface area contributed by atoms with E-state index < -0.39 is 0 Å². The van der Waals surface area contributed by atoms with Crippen LogP contribution >= 0.6 is 11.8 Å². The van der Waals surface area contributed by atoms with Gasteiger partial charge in [0.25, 0.3) is 5.78 Å². The number of ether oxygens (including phenoxy) is 2. The molecule has 0 bridgehead atoms. The number of hydrogen-bond acceptors (Lipinski definition) is 7. The van der Waals surface area contributed by atoms with Crippen molar-refractivity contribution in [3.63, 3.8) is 0 Å². The van der Waals surface area contributed by atoms with Crippen molar-refractivity contribution in [1.29, 1.82) is 0 Å². The minimum Gasteiger partial charge on any atom is -0.486 e. The van der Waals surface area contributed by atoms with E-state index in [-0.39, 0.29) is 17.8 Å². The molecule has 3 heterocycles. The van der Waals surface area contributed by atoms with Gasteiger partial charge in [-0.25, -0.2) is 9.50 Å². The average Bonchev–Trinajstić information content (AvgIpc) is 3.08. The van der Waals surface area contributed by atoms with Crippen LogP contribution in [0.25, 0.3) is 5.78 Å². The molecule has 0 fully saturated rings. The third kappa shape index (κ3) is 3.97. The summed E-state index contributed by atoms with van der Waals surface area (Å²) in [6, 6.07) is 9.44. The lowest BCUT2D eigenvalue weighted by atomic mass is 10.2. The number of para-hydroxylation sites is 2. The quantitative estimate of drug-likeness (QED) is 0.670. The van der Waals surface area contributed by atoms with Gasteiger partial charge in [-0.05, 0) is 32.0 Å². The normalized spacial score (nSPS) is 15.7. The monoisotopic (exact) mass is 385 g/mol. The Hall–Kier alpha value is -2.81. The molecule has 1 aliphatic heterocycles. The second kappa shape index (κ2) is 7.43. The van der Waals surface area contributed by atoms with Gasteiger partial charge in [-0.2, -0.15) is 4.98 Å². The smallest absolute Gasteiger partial charge is 0.253 e. The molecule has 0 spiro atoms. The molecule has 0 aliphatic carbocycles. The van der Waals surface area contributed by atoms with Crippen molar-refractivity contribution in [2.45, 2.75) is 25.1 Å². The Kier molecular flexibility index (Phi) is 4.85. The molecule has 0 unspecified atom stereocenters. The first-order chi connectivity index (χ1) is 13.1. The Labute approximate surface area is 160 Å². The fourth-order valence-corrected chi connectivity index (χ4v) is 3.43. The Morgan fingerprint density at radius 2 is 2.11 bits per heavy atom. The number of nitrogens with one attached hydrogen (secondary N) is 1. The third-order valence-corrected chi connectivity index (χ3v) is 4.86. The number of fused-ring (bicyclic) bond motifs is 2. The first-order valence-electron chi connectivity index (χ1n) is 8.57. The maximum Gasteiger partial charge on any atom is 0.253 e. The summed E-state index contributed by atoms with van der Waals surface area (Å²) in [7, 11) is 0. The molecule has 1 aliphatic rings. The van der Waals surface area contributed by atoms with Crippen molar-refractivity contribution in [3.05, 3.63) is 41.7 Å². The van der Waals surface area contributed by atoms with E-state index in [9.17, 15) is 4.79 Å². The molecule has 9 heteroatoms. The zero-order chi connectivity index (χ0) is 18.8. The van der Waals surface area contributed by atoms with Crippen LogP contribution in [0.3, 0.4) is 0 Å². The van der Waals surface area contributed by atoms with E-state index in [1.165, 1.54) is 11.8 Å². The van der Waals surface area contributed by atoms with Crippen molar-refractivity contribution >= 4 is 23.4 Å². The Bertz CT molecular complexity index is 990. The van der Waals surface area contributed by atoms with Gasteiger partial charge in [0.2, 0.25) is 11.1 Å². The van der Waals surface area contributed by atoms with Crippen LogP contribution in [-0.2, 0) is 4.79 Å². The van der Waals surface area contributed by atoms with Crippen LogP contribution in [0, 0.1) is 13.8 Å². The zero-order valence-electron chi connectivity index (χ0n) is 15.0. The molecule has 8 nitrogen and oxygen atoms in total. The lowest BCUT2D eigenvalue weighted by molar-refractivity contribution is -0.119. The van der Waals surface area contributed by atoms with E-state index in [4.69, 9.17) is 9.47 Å². The molecule has 3 aromatic rings. The highest BCUT2D eigenvalue weighted by Crippen LogP contribution is 2.30. The number of aryl methyl sites for hydroxylation is 2. The van der Waals surface area contributed by atoms with E-state index in [1.54, 1.807) is 4.52 Å². The highest BCUT2D eigenvalue weighted by Gasteiger charge is 2.21. The SMILES string of the molecule is Cc1cc(C)n2nc(SCC(=O)NC[C@@H]3COc4ccccc4O3)nc2n1. The van der Waals surface area contributed by atoms with Gasteiger partial charge in [0, 0.05) is 11.4 Å². The highest BCUT2D eigenvalue weighted by atomic mass is 32.2. The molecule has 4 rings (SSSR count). The summed E-state index contributed by atoms with van der Waals surface area (Å²) >= 11 is 1.28. The van der Waals surface area contributed by atoms with Crippen molar-refractivity contribution in [2.75, 3.05) is 18.9 Å². The van der Waals surface area contributed by atoms with Gasteiger partial charge in [0.05, 0.1) is 12.3 Å². The second-order valence-electron chi connectivity index (χ2n) is 6.24. The van der Waals surface area contributed by atoms with Gasteiger partial charge in [-0.15, -0.1) is 5.10 Å². The van der Waals surface area contributed by atoms with E-state index in [0.29, 0.717) is 29.8 Å². The van der Waals surface area contributed by atoms with Crippen LogP contribution in [-0.4, -0.2) is 50.5 Å². The number of amides is 1. The van der Waals surface area contributed by atoms with Crippen molar-refractivity contribution in [1.82, 2.24) is 24.9 Å². The highest BCUT2D eigenvalue weighted by molar-refractivity contribution is 7.99. The van der Waals surface area contributed by atoms with Crippen molar-refractivity contribution in [2.24, 2.45) is 0 Å². The van der Waals surface area contributed by atoms with E-state index in [2.05, 4.69) is 20.4 Å². The average molecular weight is 385 g/mol. The first-order valence-corrected chi connectivity index (χ1v) is 9.56. The molecule has 2 aromatic heterocycles. The van der Waals surface area contributed by atoms with E-state index in [0.717, 1.165) is 17.1 Å². The molecule has 0 saturated heterocycles. The van der Waals surface area contributed by atoms with Gasteiger partial charge in [0.15, 0.2) is 11.5 Å². The molecule has 0 radical (unpaired) electrons. The van der Waals surface area contributed by atoms with E-state index in [1.807, 2.05) is 44.2 Å². The van der Waals surface area contributed by atoms with Crippen LogP contribution in [0.5, 0.6) is 11.5 Å². The van der Waals surface area contributed by atoms with Crippen LogP contribution in [0.4, 0.5) is 0 Å². The number of nitrogens with zero attached hydrogens (tertiary/aromatic N) is 4.